The van der Waals surface area contributed by atoms with Crippen molar-refractivity contribution in [2.75, 3.05) is 17.3 Å². The molecule has 4 aliphatic rings. The largest absolute Gasteiger partial charge is 0.456 e. The highest BCUT2D eigenvalue weighted by atomic mass is 16.3. The number of fused-ring (bicyclic) bond motifs is 13. The highest BCUT2D eigenvalue weighted by Gasteiger charge is 2.43. The summed E-state index contributed by atoms with van der Waals surface area (Å²) < 4.78 is 9.20. The van der Waals surface area contributed by atoms with Crippen molar-refractivity contribution in [2.45, 2.75) is 96.8 Å². The Morgan fingerprint density at radius 1 is 0.589 bits per heavy atom. The molecule has 0 unspecified atom stereocenters. The number of hydrogen-bond acceptors (Lipinski definition) is 3. The van der Waals surface area contributed by atoms with Crippen LogP contribution in [0.25, 0.3) is 83.0 Å². The molecule has 358 valence electrons. The predicted octanol–water partition coefficient (Wildman–Crippen LogP) is 16.3. The summed E-state index contributed by atoms with van der Waals surface area (Å²) in [7, 11) is 2.97. The fourth-order valence-corrected chi connectivity index (χ4v) is 13.5. The molecule has 0 spiro atoms. The molecule has 0 bridgehead atoms. The van der Waals surface area contributed by atoms with E-state index < -0.39 is 0 Å². The van der Waals surface area contributed by atoms with Crippen LogP contribution in [0.4, 0.5) is 17.1 Å². The molecule has 0 amide bonds. The first kappa shape index (κ1) is 44.2. The molecule has 5 heteroatoms. The van der Waals surface area contributed by atoms with Crippen LogP contribution >= 0.6 is 0 Å². The number of para-hydroxylation sites is 1. The van der Waals surface area contributed by atoms with Crippen LogP contribution in [-0.4, -0.2) is 18.9 Å². The highest BCUT2D eigenvalue weighted by molar-refractivity contribution is 6.73. The molecule has 14 rings (SSSR count). The van der Waals surface area contributed by atoms with Crippen LogP contribution < -0.4 is 21.1 Å². The Labute approximate surface area is 430 Å². The van der Waals surface area contributed by atoms with Gasteiger partial charge in [-0.05, 0) is 151 Å². The Morgan fingerprint density at radius 3 is 2.04 bits per heavy atom. The van der Waals surface area contributed by atoms with E-state index in [-0.39, 0.29) is 21.7 Å². The average Bonchev–Trinajstić information content (AvgIpc) is 3.98. The van der Waals surface area contributed by atoms with Gasteiger partial charge in [-0.25, -0.2) is 0 Å². The highest BCUT2D eigenvalue weighted by Crippen LogP contribution is 2.56. The average molecular weight is 948 g/mol. The third-order valence-electron chi connectivity index (χ3n) is 17.9. The summed E-state index contributed by atoms with van der Waals surface area (Å²) in [5, 5.41) is 8.76. The van der Waals surface area contributed by atoms with Crippen molar-refractivity contribution in [3.63, 3.8) is 0 Å². The van der Waals surface area contributed by atoms with E-state index in [1.165, 1.54) is 112 Å². The van der Waals surface area contributed by atoms with E-state index in [4.69, 9.17) is 11.0 Å². The molecule has 10 aromatic rings. The number of aromatic nitrogens is 1. The summed E-state index contributed by atoms with van der Waals surface area (Å²) in [6.45, 7) is 26.3. The summed E-state index contributed by atoms with van der Waals surface area (Å²) in [5.41, 5.74) is 28.4. The Kier molecular flexibility index (Phi) is 8.98. The minimum absolute atomic E-state index is 0.0549. The lowest BCUT2D eigenvalue weighted by molar-refractivity contribution is 0.331. The van der Waals surface area contributed by atoms with E-state index in [2.05, 4.69) is 230 Å². The van der Waals surface area contributed by atoms with E-state index in [1.807, 2.05) is 0 Å². The van der Waals surface area contributed by atoms with Crippen LogP contribution in [0.5, 0.6) is 0 Å². The van der Waals surface area contributed by atoms with Gasteiger partial charge in [0.15, 0.2) is 7.28 Å². The first-order chi connectivity index (χ1) is 34.9. The second-order valence-corrected chi connectivity index (χ2v) is 24.7. The first-order valence-electron chi connectivity index (χ1n) is 26.4. The molecule has 0 saturated heterocycles. The summed E-state index contributed by atoms with van der Waals surface area (Å²) in [6.07, 6.45) is 4.63. The van der Waals surface area contributed by atoms with Gasteiger partial charge in [0.1, 0.15) is 11.2 Å². The molecule has 8 aromatic carbocycles. The molecule has 0 radical (unpaired) electrons. The lowest BCUT2D eigenvalue weighted by Crippen LogP contribution is -2.38. The van der Waals surface area contributed by atoms with E-state index in [0.29, 0.717) is 0 Å². The molecule has 2 aromatic heterocycles. The standard InChI is InChI=1S/C68H62BN3O/c1-38-29-57(39-17-13-12-14-18-39)71(11)58-37-60-55(32-45(38)58)69-63-43(25-26-44-49-34-62-50(33-59(49)72(60)64(44)63)42-19-15-16-20-61(42)73-62)48-30-46-47-31-53-54(67(7,8)28-27-66(53,5)6)35-51(47)68(9,10)52(46)36-56(48)70-41-23-21-40(22-24-41)65(2,3)4/h12-26,29-37,69-70H,1,27-28H2,2-11H3. The van der Waals surface area contributed by atoms with Gasteiger partial charge >= 0.3 is 0 Å². The molecule has 1 N–H and O–H groups in total. The molecule has 4 nitrogen and oxygen atoms in total. The third-order valence-corrected chi connectivity index (χ3v) is 17.9. The maximum absolute atomic E-state index is 6.62. The van der Waals surface area contributed by atoms with Gasteiger partial charge in [0.2, 0.25) is 0 Å². The molecular formula is C68H62BN3O. The summed E-state index contributed by atoms with van der Waals surface area (Å²) in [4.78, 5) is 2.35. The summed E-state index contributed by atoms with van der Waals surface area (Å²) in [6, 6.07) is 52.9. The fraction of sp³-hybridized carbons (Fsp3) is 0.235. The monoisotopic (exact) mass is 947 g/mol. The van der Waals surface area contributed by atoms with Gasteiger partial charge in [-0.2, -0.15) is 0 Å². The lowest BCUT2D eigenvalue weighted by Gasteiger charge is -2.42. The van der Waals surface area contributed by atoms with Gasteiger partial charge in [-0.3, -0.25) is 0 Å². The van der Waals surface area contributed by atoms with Crippen molar-refractivity contribution >= 4 is 90.3 Å². The van der Waals surface area contributed by atoms with Crippen molar-refractivity contribution in [1.29, 1.82) is 0 Å². The number of allylic oxidation sites excluding steroid dienone is 2. The molecule has 73 heavy (non-hydrogen) atoms. The van der Waals surface area contributed by atoms with Gasteiger partial charge in [0.05, 0.1) is 11.2 Å². The second-order valence-electron chi connectivity index (χ2n) is 24.7. The fourth-order valence-electron chi connectivity index (χ4n) is 13.5. The van der Waals surface area contributed by atoms with Crippen molar-refractivity contribution in [1.82, 2.24) is 4.57 Å². The van der Waals surface area contributed by atoms with Gasteiger partial charge in [0, 0.05) is 73.4 Å². The molecule has 2 aliphatic heterocycles. The minimum atomic E-state index is -0.198. The van der Waals surface area contributed by atoms with Crippen LogP contribution in [-0.2, 0) is 21.7 Å². The Balaban J connectivity index is 1.04. The van der Waals surface area contributed by atoms with Crippen LogP contribution in [0.2, 0.25) is 0 Å². The maximum atomic E-state index is 6.62. The SMILES string of the molecule is C=C1C=C(c2ccccc2)N(C)c2cc3c(cc21)Bc1c(-c2cc4c(cc2Nc2ccc(C(C)(C)C)cc2)C(C)(C)c2cc5c(cc2-4)C(C)(C)CCC5(C)C)ccc2c4cc5oc6ccccc6c5cc4n-3c12. The summed E-state index contributed by atoms with van der Waals surface area (Å²) in [5.74, 6) is 0. The topological polar surface area (TPSA) is 33.3 Å². The Hall–Kier alpha value is -7.50. The number of nitrogens with zero attached hydrogens (tertiary/aromatic N) is 2. The quantitative estimate of drug-likeness (QED) is 0.179. The van der Waals surface area contributed by atoms with E-state index >= 15 is 0 Å². The number of anilines is 3. The second kappa shape index (κ2) is 14.8. The number of rotatable bonds is 4. The molecule has 0 atom stereocenters. The predicted molar refractivity (Wildman–Crippen MR) is 313 cm³/mol. The molecule has 4 heterocycles. The van der Waals surface area contributed by atoms with Crippen molar-refractivity contribution < 1.29 is 4.42 Å². The van der Waals surface area contributed by atoms with Crippen molar-refractivity contribution in [3.8, 4) is 27.9 Å². The van der Waals surface area contributed by atoms with E-state index in [9.17, 15) is 0 Å². The molecule has 0 fully saturated rings. The normalized spacial score (nSPS) is 16.8. The zero-order valence-electron chi connectivity index (χ0n) is 44.0. The van der Waals surface area contributed by atoms with E-state index in [0.717, 1.165) is 57.6 Å². The van der Waals surface area contributed by atoms with Gasteiger partial charge in [-0.1, -0.05) is 159 Å². The van der Waals surface area contributed by atoms with Crippen molar-refractivity contribution in [2.24, 2.45) is 0 Å². The van der Waals surface area contributed by atoms with Crippen molar-refractivity contribution in [3.05, 3.63) is 191 Å². The zero-order chi connectivity index (χ0) is 50.2. The Bertz CT molecular complexity index is 4110. The minimum Gasteiger partial charge on any atom is -0.456 e. The molecule has 2 aliphatic carbocycles. The maximum Gasteiger partial charge on any atom is 0.198 e. The number of hydrogen-bond donors (Lipinski definition) is 1. The lowest BCUT2D eigenvalue weighted by atomic mass is 9.58. The van der Waals surface area contributed by atoms with Gasteiger partial charge < -0.3 is 19.2 Å². The third kappa shape index (κ3) is 6.33. The number of benzene rings is 8. The number of furan rings is 1. The van der Waals surface area contributed by atoms with Crippen LogP contribution in [0.1, 0.15) is 114 Å². The van der Waals surface area contributed by atoms with Crippen LogP contribution in [0, 0.1) is 0 Å². The van der Waals surface area contributed by atoms with Crippen LogP contribution in [0.15, 0.2) is 157 Å². The molecule has 0 saturated carbocycles. The smallest absolute Gasteiger partial charge is 0.198 e. The van der Waals surface area contributed by atoms with E-state index in [1.54, 1.807) is 0 Å². The number of nitrogens with one attached hydrogen (secondary N) is 1. The molecular weight excluding hydrogens is 886 g/mol. The van der Waals surface area contributed by atoms with Gasteiger partial charge in [-0.15, -0.1) is 0 Å². The first-order valence-corrected chi connectivity index (χ1v) is 26.4. The summed E-state index contributed by atoms with van der Waals surface area (Å²) >= 11 is 0. The van der Waals surface area contributed by atoms with Crippen LogP contribution in [0.3, 0.4) is 0 Å². The Morgan fingerprint density at radius 2 is 1.29 bits per heavy atom. The zero-order valence-corrected chi connectivity index (χ0v) is 44.0. The van der Waals surface area contributed by atoms with Gasteiger partial charge in [0.25, 0.3) is 0 Å².